The molecule has 2 aromatic rings. The molecule has 5 nitrogen and oxygen atoms in total. The second-order valence-electron chi connectivity index (χ2n) is 5.68. The maximum atomic E-state index is 12.2. The summed E-state index contributed by atoms with van der Waals surface area (Å²) in [6.45, 7) is 0. The molecule has 0 unspecified atom stereocenters. The number of carbonyl (C=O) groups is 1. The Morgan fingerprint density at radius 2 is 1.92 bits per heavy atom. The minimum atomic E-state index is -0.0537. The molecule has 1 aliphatic rings. The summed E-state index contributed by atoms with van der Waals surface area (Å²) in [4.78, 5) is 12.2. The molecule has 0 radical (unpaired) electrons. The fraction of sp³-hybridized carbons (Fsp3) is 0.263. The molecule has 124 valence electrons. The summed E-state index contributed by atoms with van der Waals surface area (Å²) in [5, 5.41) is 4.05. The Hall–Kier alpha value is -2.82. The molecule has 1 N–H and O–H groups in total. The van der Waals surface area contributed by atoms with E-state index in [0.717, 1.165) is 12.0 Å². The highest BCUT2D eigenvalue weighted by Gasteiger charge is 2.43. The largest absolute Gasteiger partial charge is 0.493 e. The van der Waals surface area contributed by atoms with Gasteiger partial charge in [0.05, 0.1) is 20.4 Å². The Labute approximate surface area is 141 Å². The third-order valence-corrected chi connectivity index (χ3v) is 4.17. The first-order chi connectivity index (χ1) is 11.7. The molecular weight excluding hydrogens is 304 g/mol. The number of hydrogen-bond donors (Lipinski definition) is 1. The third kappa shape index (κ3) is 3.40. The van der Waals surface area contributed by atoms with E-state index < -0.39 is 0 Å². The average Bonchev–Trinajstić information content (AvgIpc) is 3.43. The van der Waals surface area contributed by atoms with Crippen LogP contribution in [0, 0.1) is 5.92 Å². The van der Waals surface area contributed by atoms with Gasteiger partial charge in [-0.05, 0) is 30.0 Å². The molecule has 1 aliphatic carbocycles. The van der Waals surface area contributed by atoms with Crippen molar-refractivity contribution in [3.8, 4) is 11.5 Å². The quantitative estimate of drug-likeness (QED) is 0.656. The number of nitrogens with one attached hydrogen (secondary N) is 1. The van der Waals surface area contributed by atoms with Gasteiger partial charge in [0.15, 0.2) is 11.5 Å². The predicted octanol–water partition coefficient (Wildman–Crippen LogP) is 2.96. The van der Waals surface area contributed by atoms with Crippen LogP contribution in [-0.4, -0.2) is 26.3 Å². The van der Waals surface area contributed by atoms with Gasteiger partial charge in [-0.1, -0.05) is 36.4 Å². The molecule has 1 saturated carbocycles. The molecule has 0 saturated heterocycles. The zero-order valence-electron chi connectivity index (χ0n) is 13.7. The maximum Gasteiger partial charge on any atom is 0.243 e. The van der Waals surface area contributed by atoms with Crippen molar-refractivity contribution in [1.29, 1.82) is 0 Å². The van der Waals surface area contributed by atoms with Gasteiger partial charge in [0, 0.05) is 11.5 Å². The van der Waals surface area contributed by atoms with Crippen molar-refractivity contribution in [2.45, 2.75) is 12.3 Å². The van der Waals surface area contributed by atoms with Crippen molar-refractivity contribution < 1.29 is 14.3 Å². The molecule has 0 aromatic heterocycles. The lowest BCUT2D eigenvalue weighted by molar-refractivity contribution is -0.122. The van der Waals surface area contributed by atoms with Crippen molar-refractivity contribution in [2.24, 2.45) is 11.0 Å². The van der Waals surface area contributed by atoms with Crippen LogP contribution in [0.3, 0.4) is 0 Å². The third-order valence-electron chi connectivity index (χ3n) is 4.17. The molecule has 0 heterocycles. The summed E-state index contributed by atoms with van der Waals surface area (Å²) in [5.41, 5.74) is 4.56. The van der Waals surface area contributed by atoms with Crippen LogP contribution in [0.25, 0.3) is 0 Å². The Morgan fingerprint density at radius 3 is 2.62 bits per heavy atom. The van der Waals surface area contributed by atoms with E-state index in [-0.39, 0.29) is 11.8 Å². The Morgan fingerprint density at radius 1 is 1.12 bits per heavy atom. The number of ether oxygens (including phenoxy) is 2. The van der Waals surface area contributed by atoms with Crippen LogP contribution in [-0.2, 0) is 4.79 Å². The zero-order chi connectivity index (χ0) is 16.9. The van der Waals surface area contributed by atoms with E-state index in [9.17, 15) is 4.79 Å². The van der Waals surface area contributed by atoms with Gasteiger partial charge in [-0.2, -0.15) is 5.10 Å². The van der Waals surface area contributed by atoms with Crippen LogP contribution in [0.4, 0.5) is 0 Å². The Balaban J connectivity index is 1.61. The molecule has 5 heteroatoms. The van der Waals surface area contributed by atoms with E-state index in [1.807, 2.05) is 36.4 Å². The second kappa shape index (κ2) is 7.17. The van der Waals surface area contributed by atoms with Gasteiger partial charge in [-0.15, -0.1) is 0 Å². The van der Waals surface area contributed by atoms with Crippen LogP contribution in [0.1, 0.15) is 23.5 Å². The fourth-order valence-electron chi connectivity index (χ4n) is 2.82. The monoisotopic (exact) mass is 324 g/mol. The van der Waals surface area contributed by atoms with Crippen LogP contribution in [0.15, 0.2) is 53.6 Å². The molecule has 1 fully saturated rings. The lowest BCUT2D eigenvalue weighted by atomic mass is 10.1. The van der Waals surface area contributed by atoms with Gasteiger partial charge in [0.1, 0.15) is 0 Å². The molecule has 3 rings (SSSR count). The van der Waals surface area contributed by atoms with E-state index in [1.54, 1.807) is 20.4 Å². The molecule has 2 aromatic carbocycles. The first-order valence-corrected chi connectivity index (χ1v) is 7.83. The summed E-state index contributed by atoms with van der Waals surface area (Å²) in [5.74, 6) is 1.46. The predicted molar refractivity (Wildman–Crippen MR) is 92.6 cm³/mol. The summed E-state index contributed by atoms with van der Waals surface area (Å²) in [6.07, 6.45) is 2.44. The number of hydrazone groups is 1. The number of methoxy groups -OCH3 is 2. The number of hydrogen-bond acceptors (Lipinski definition) is 4. The van der Waals surface area contributed by atoms with Crippen LogP contribution in [0.2, 0.25) is 0 Å². The summed E-state index contributed by atoms with van der Waals surface area (Å²) >= 11 is 0. The standard InChI is InChI=1S/C19H20N2O3/c1-23-17-10-6-9-14(18(17)24-2)12-20-21-19(22)16-11-15(16)13-7-4-3-5-8-13/h3-10,12,15-16H,11H2,1-2H3,(H,21,22)/b20-12+/t15-,16+/m0/s1. The molecule has 0 aliphatic heterocycles. The SMILES string of the molecule is COc1cccc(/C=N/NC(=O)[C@@H]2C[C@H]2c2ccccc2)c1OC. The number of para-hydroxylation sites is 1. The first kappa shape index (κ1) is 16.1. The van der Waals surface area contributed by atoms with Gasteiger partial charge in [-0.25, -0.2) is 5.43 Å². The van der Waals surface area contributed by atoms with Crippen molar-refractivity contribution in [3.05, 3.63) is 59.7 Å². The fourth-order valence-corrected chi connectivity index (χ4v) is 2.82. The van der Waals surface area contributed by atoms with Gasteiger partial charge >= 0.3 is 0 Å². The molecule has 24 heavy (non-hydrogen) atoms. The number of benzene rings is 2. The minimum absolute atomic E-state index is 0.00300. The number of carbonyl (C=O) groups excluding carboxylic acids is 1. The van der Waals surface area contributed by atoms with Crippen molar-refractivity contribution in [3.63, 3.8) is 0 Å². The van der Waals surface area contributed by atoms with Gasteiger partial charge < -0.3 is 9.47 Å². The van der Waals surface area contributed by atoms with Gasteiger partial charge in [0.25, 0.3) is 0 Å². The molecule has 2 atom stereocenters. The average molecular weight is 324 g/mol. The highest BCUT2D eigenvalue weighted by Crippen LogP contribution is 2.47. The van der Waals surface area contributed by atoms with E-state index in [1.165, 1.54) is 5.56 Å². The topological polar surface area (TPSA) is 59.9 Å². The van der Waals surface area contributed by atoms with Crippen molar-refractivity contribution in [1.82, 2.24) is 5.43 Å². The van der Waals surface area contributed by atoms with Crippen molar-refractivity contribution >= 4 is 12.1 Å². The van der Waals surface area contributed by atoms with Crippen LogP contribution >= 0.6 is 0 Å². The van der Waals surface area contributed by atoms with Crippen LogP contribution in [0.5, 0.6) is 11.5 Å². The number of rotatable bonds is 6. The first-order valence-electron chi connectivity index (χ1n) is 7.83. The summed E-state index contributed by atoms with van der Waals surface area (Å²) < 4.78 is 10.6. The van der Waals surface area contributed by atoms with Gasteiger partial charge in [-0.3, -0.25) is 4.79 Å². The number of nitrogens with zero attached hydrogens (tertiary/aromatic N) is 1. The van der Waals surface area contributed by atoms with E-state index in [4.69, 9.17) is 9.47 Å². The Kier molecular flexibility index (Phi) is 4.79. The minimum Gasteiger partial charge on any atom is -0.493 e. The van der Waals surface area contributed by atoms with Gasteiger partial charge in [0.2, 0.25) is 5.91 Å². The maximum absolute atomic E-state index is 12.2. The Bertz CT molecular complexity index is 744. The molecule has 1 amide bonds. The number of amides is 1. The lowest BCUT2D eigenvalue weighted by Crippen LogP contribution is -2.20. The van der Waals surface area contributed by atoms with Crippen LogP contribution < -0.4 is 14.9 Å². The zero-order valence-corrected chi connectivity index (χ0v) is 13.7. The lowest BCUT2D eigenvalue weighted by Gasteiger charge is -2.09. The van der Waals surface area contributed by atoms with E-state index >= 15 is 0 Å². The normalized spacial score (nSPS) is 19.1. The summed E-state index contributed by atoms with van der Waals surface area (Å²) in [6, 6.07) is 15.6. The summed E-state index contributed by atoms with van der Waals surface area (Å²) in [7, 11) is 3.15. The molecule has 0 bridgehead atoms. The highest BCUT2D eigenvalue weighted by atomic mass is 16.5. The molecule has 0 spiro atoms. The second-order valence-corrected chi connectivity index (χ2v) is 5.68. The smallest absolute Gasteiger partial charge is 0.243 e. The van der Waals surface area contributed by atoms with Crippen molar-refractivity contribution in [2.75, 3.05) is 14.2 Å². The van der Waals surface area contributed by atoms with E-state index in [2.05, 4.69) is 22.7 Å². The highest BCUT2D eigenvalue weighted by molar-refractivity contribution is 5.88. The molecular formula is C19H20N2O3. The van der Waals surface area contributed by atoms with E-state index in [0.29, 0.717) is 17.4 Å².